The van der Waals surface area contributed by atoms with Gasteiger partial charge in [-0.15, -0.1) is 0 Å². The number of benzene rings is 1. The second kappa shape index (κ2) is 5.64. The van der Waals surface area contributed by atoms with E-state index in [1.165, 1.54) is 18.4 Å². The summed E-state index contributed by atoms with van der Waals surface area (Å²) in [5.74, 6) is 0.656. The van der Waals surface area contributed by atoms with Crippen LogP contribution in [0.1, 0.15) is 17.4 Å². The van der Waals surface area contributed by atoms with Crippen LogP contribution in [0.3, 0.4) is 0 Å². The summed E-state index contributed by atoms with van der Waals surface area (Å²) in [5, 5.41) is 9.95. The van der Waals surface area contributed by atoms with Crippen molar-refractivity contribution in [3.63, 3.8) is 0 Å². The molecule has 0 amide bonds. The second-order valence-electron chi connectivity index (χ2n) is 3.75. The fraction of sp³-hybridized carbons (Fsp3) is 0.231. The number of aliphatic hydroxyl groups is 1. The summed E-state index contributed by atoms with van der Waals surface area (Å²) in [6, 6.07) is 9.46. The average Bonchev–Trinajstić information content (AvgIpc) is 2.81. The molecular formula is C13H12F2O3. The Morgan fingerprint density at radius 1 is 1.22 bits per heavy atom. The van der Waals surface area contributed by atoms with E-state index in [1.807, 2.05) is 0 Å². The van der Waals surface area contributed by atoms with Gasteiger partial charge in [0.1, 0.15) is 11.5 Å². The minimum Gasteiger partial charge on any atom is -0.469 e. The summed E-state index contributed by atoms with van der Waals surface area (Å²) in [4.78, 5) is 0. The molecule has 1 atom stereocenters. The van der Waals surface area contributed by atoms with Gasteiger partial charge in [0.15, 0.2) is 0 Å². The molecule has 0 aliphatic carbocycles. The van der Waals surface area contributed by atoms with E-state index in [2.05, 4.69) is 4.74 Å². The lowest BCUT2D eigenvalue weighted by molar-refractivity contribution is -0.0499. The molecule has 1 unspecified atom stereocenters. The summed E-state index contributed by atoms with van der Waals surface area (Å²) in [6.07, 6.45) is 0.973. The molecule has 18 heavy (non-hydrogen) atoms. The van der Waals surface area contributed by atoms with Gasteiger partial charge in [-0.1, -0.05) is 12.1 Å². The highest BCUT2D eigenvalue weighted by Crippen LogP contribution is 2.23. The van der Waals surface area contributed by atoms with Gasteiger partial charge in [0.05, 0.1) is 12.4 Å². The maximum atomic E-state index is 12.1. The first-order chi connectivity index (χ1) is 8.65. The Morgan fingerprint density at radius 2 is 2.06 bits per heavy atom. The zero-order valence-electron chi connectivity index (χ0n) is 9.42. The molecule has 1 aromatic carbocycles. The van der Waals surface area contributed by atoms with Crippen molar-refractivity contribution in [2.45, 2.75) is 19.1 Å². The molecule has 1 heterocycles. The van der Waals surface area contributed by atoms with Crippen molar-refractivity contribution in [2.24, 2.45) is 0 Å². The Bertz CT molecular complexity index is 483. The Hall–Kier alpha value is -1.88. The maximum absolute atomic E-state index is 12.1. The number of ether oxygens (including phenoxy) is 1. The van der Waals surface area contributed by atoms with Gasteiger partial charge in [-0.25, -0.2) is 0 Å². The van der Waals surface area contributed by atoms with Gasteiger partial charge in [-0.05, 0) is 29.8 Å². The number of furan rings is 1. The molecule has 2 rings (SSSR count). The number of hydrogen-bond acceptors (Lipinski definition) is 3. The van der Waals surface area contributed by atoms with Crippen LogP contribution in [0.15, 0.2) is 47.1 Å². The number of hydrogen-bond donors (Lipinski definition) is 1. The third-order valence-electron chi connectivity index (χ3n) is 2.44. The molecule has 0 bridgehead atoms. The van der Waals surface area contributed by atoms with E-state index < -0.39 is 12.7 Å². The molecular weight excluding hydrogens is 242 g/mol. The van der Waals surface area contributed by atoms with Gasteiger partial charge in [0.25, 0.3) is 0 Å². The summed E-state index contributed by atoms with van der Waals surface area (Å²) < 4.78 is 33.5. The highest BCUT2D eigenvalue weighted by Gasteiger charge is 2.12. The average molecular weight is 254 g/mol. The van der Waals surface area contributed by atoms with Crippen LogP contribution in [0.4, 0.5) is 8.78 Å². The van der Waals surface area contributed by atoms with Crippen LogP contribution in [0.5, 0.6) is 5.75 Å². The molecule has 0 radical (unpaired) electrons. The molecule has 3 nitrogen and oxygen atoms in total. The van der Waals surface area contributed by atoms with Crippen molar-refractivity contribution in [2.75, 3.05) is 0 Å². The lowest BCUT2D eigenvalue weighted by Gasteiger charge is -2.11. The predicted molar refractivity (Wildman–Crippen MR) is 60.4 cm³/mol. The molecule has 0 aliphatic heterocycles. The van der Waals surface area contributed by atoms with Crippen molar-refractivity contribution in [1.29, 1.82) is 0 Å². The van der Waals surface area contributed by atoms with Crippen molar-refractivity contribution in [1.82, 2.24) is 0 Å². The minimum atomic E-state index is -2.87. The number of halogens is 2. The molecule has 96 valence electrons. The van der Waals surface area contributed by atoms with Crippen molar-refractivity contribution >= 4 is 0 Å². The molecule has 1 N–H and O–H groups in total. The van der Waals surface area contributed by atoms with Gasteiger partial charge in [0, 0.05) is 6.42 Å². The molecule has 0 spiro atoms. The number of rotatable bonds is 5. The smallest absolute Gasteiger partial charge is 0.387 e. The van der Waals surface area contributed by atoms with E-state index in [4.69, 9.17) is 4.42 Å². The highest BCUT2D eigenvalue weighted by molar-refractivity contribution is 5.30. The van der Waals surface area contributed by atoms with Crippen molar-refractivity contribution in [3.05, 3.63) is 54.0 Å². The fourth-order valence-electron chi connectivity index (χ4n) is 1.64. The monoisotopic (exact) mass is 254 g/mol. The Morgan fingerprint density at radius 3 is 2.72 bits per heavy atom. The van der Waals surface area contributed by atoms with Crippen LogP contribution in [-0.2, 0) is 6.42 Å². The summed E-state index contributed by atoms with van der Waals surface area (Å²) >= 11 is 0. The first kappa shape index (κ1) is 12.6. The lowest BCUT2D eigenvalue weighted by Crippen LogP contribution is -2.04. The lowest BCUT2D eigenvalue weighted by atomic mass is 10.1. The minimum absolute atomic E-state index is 0.0287. The van der Waals surface area contributed by atoms with Crippen LogP contribution in [0.25, 0.3) is 0 Å². The van der Waals surface area contributed by atoms with Crippen molar-refractivity contribution in [3.8, 4) is 5.75 Å². The largest absolute Gasteiger partial charge is 0.469 e. The Balaban J connectivity index is 2.07. The molecule has 0 fully saturated rings. The molecule has 5 heteroatoms. The topological polar surface area (TPSA) is 42.6 Å². The van der Waals surface area contributed by atoms with E-state index in [-0.39, 0.29) is 12.2 Å². The van der Waals surface area contributed by atoms with E-state index >= 15 is 0 Å². The van der Waals surface area contributed by atoms with Crippen LogP contribution >= 0.6 is 0 Å². The van der Waals surface area contributed by atoms with Crippen LogP contribution < -0.4 is 4.74 Å². The van der Waals surface area contributed by atoms with Gasteiger partial charge in [0.2, 0.25) is 0 Å². The Kier molecular flexibility index (Phi) is 3.94. The Labute approximate surface area is 103 Å². The number of alkyl halides is 2. The molecule has 2 aromatic rings. The number of aliphatic hydroxyl groups excluding tert-OH is 1. The molecule has 1 aromatic heterocycles. The molecule has 0 aliphatic rings. The van der Waals surface area contributed by atoms with Gasteiger partial charge >= 0.3 is 6.61 Å². The SMILES string of the molecule is OC(Cc1ccco1)c1cccc(OC(F)F)c1. The van der Waals surface area contributed by atoms with E-state index in [9.17, 15) is 13.9 Å². The van der Waals surface area contributed by atoms with Gasteiger partial charge in [-0.3, -0.25) is 0 Å². The third kappa shape index (κ3) is 3.30. The van der Waals surface area contributed by atoms with Gasteiger partial charge < -0.3 is 14.3 Å². The molecule has 0 saturated carbocycles. The first-order valence-corrected chi connectivity index (χ1v) is 5.40. The normalized spacial score (nSPS) is 12.7. The quantitative estimate of drug-likeness (QED) is 0.891. The zero-order valence-corrected chi connectivity index (χ0v) is 9.42. The van der Waals surface area contributed by atoms with E-state index in [0.29, 0.717) is 11.3 Å². The summed E-state index contributed by atoms with van der Waals surface area (Å²) in [6.45, 7) is -2.87. The van der Waals surface area contributed by atoms with E-state index in [0.717, 1.165) is 0 Å². The first-order valence-electron chi connectivity index (χ1n) is 5.40. The van der Waals surface area contributed by atoms with Crippen LogP contribution in [-0.4, -0.2) is 11.7 Å². The summed E-state index contributed by atoms with van der Waals surface area (Å²) in [5.41, 5.74) is 0.504. The maximum Gasteiger partial charge on any atom is 0.387 e. The van der Waals surface area contributed by atoms with Crippen LogP contribution in [0, 0.1) is 0 Å². The molecule has 0 saturated heterocycles. The standard InChI is InChI=1S/C13H12F2O3/c14-13(15)18-11-4-1-3-9(7-11)12(16)8-10-5-2-6-17-10/h1-7,12-13,16H,8H2. The van der Waals surface area contributed by atoms with E-state index in [1.54, 1.807) is 24.3 Å². The van der Waals surface area contributed by atoms with Crippen molar-refractivity contribution < 1.29 is 23.0 Å². The van der Waals surface area contributed by atoms with Gasteiger partial charge in [-0.2, -0.15) is 8.78 Å². The zero-order chi connectivity index (χ0) is 13.0. The fourth-order valence-corrected chi connectivity index (χ4v) is 1.64. The second-order valence-corrected chi connectivity index (χ2v) is 3.75. The summed E-state index contributed by atoms with van der Waals surface area (Å²) in [7, 11) is 0. The third-order valence-corrected chi connectivity index (χ3v) is 2.44. The predicted octanol–water partition coefficient (Wildman–Crippen LogP) is 3.16. The van der Waals surface area contributed by atoms with Crippen LogP contribution in [0.2, 0.25) is 0 Å². The highest BCUT2D eigenvalue weighted by atomic mass is 19.3.